The largest absolute Gasteiger partial charge is 0.481 e. The fraction of sp³-hybridized carbons (Fsp3) is 0.514. The summed E-state index contributed by atoms with van der Waals surface area (Å²) >= 11 is 0. The van der Waals surface area contributed by atoms with Gasteiger partial charge in [-0.2, -0.15) is 23.1 Å². The van der Waals surface area contributed by atoms with Gasteiger partial charge in [-0.1, -0.05) is 60.7 Å². The lowest BCUT2D eigenvalue weighted by molar-refractivity contribution is -0.162. The van der Waals surface area contributed by atoms with Crippen LogP contribution in [0.15, 0.2) is 60.7 Å². The summed E-state index contributed by atoms with van der Waals surface area (Å²) < 4.78 is 67.6. The van der Waals surface area contributed by atoms with Gasteiger partial charge >= 0.3 is 12.2 Å². The first kappa shape index (κ1) is 34.9. The van der Waals surface area contributed by atoms with Crippen molar-refractivity contribution in [2.75, 3.05) is 72.9 Å². The molecule has 0 N–H and O–H groups in total. The van der Waals surface area contributed by atoms with Crippen molar-refractivity contribution in [1.82, 2.24) is 24.7 Å². The summed E-state index contributed by atoms with van der Waals surface area (Å²) in [7, 11) is 1.40. The molecule has 3 saturated heterocycles. The maximum absolute atomic E-state index is 13.6. The molecule has 1 aromatic heterocycles. The summed E-state index contributed by atoms with van der Waals surface area (Å²) in [5.74, 6) is -0.305. The quantitative estimate of drug-likeness (QED) is 0.297. The van der Waals surface area contributed by atoms with Gasteiger partial charge in [0, 0.05) is 57.3 Å². The fourth-order valence-corrected chi connectivity index (χ4v) is 7.04. The van der Waals surface area contributed by atoms with Crippen LogP contribution in [0.5, 0.6) is 17.8 Å². The zero-order valence-electron chi connectivity index (χ0n) is 27.7. The molecule has 0 saturated carbocycles. The third kappa shape index (κ3) is 8.43. The number of piperazine rings is 2. The molecule has 3 unspecified atom stereocenters. The van der Waals surface area contributed by atoms with Crippen LogP contribution in [0.1, 0.15) is 29.5 Å². The molecule has 2 aromatic carbocycles. The molecule has 3 atom stereocenters. The number of carbonyl (C=O) groups excluding carboxylic acids is 1. The number of benzene rings is 2. The predicted octanol–water partition coefficient (Wildman–Crippen LogP) is 3.77. The van der Waals surface area contributed by atoms with Gasteiger partial charge in [0.25, 0.3) is 5.91 Å². The molecule has 4 heterocycles. The molecule has 49 heavy (non-hydrogen) atoms. The number of carbonyl (C=O) groups is 1. The Morgan fingerprint density at radius 1 is 0.939 bits per heavy atom. The van der Waals surface area contributed by atoms with Gasteiger partial charge in [-0.3, -0.25) is 14.6 Å². The van der Waals surface area contributed by atoms with E-state index in [2.05, 4.69) is 44.0 Å². The smallest absolute Gasteiger partial charge is 0.422 e. The lowest BCUT2D eigenvalue weighted by Gasteiger charge is -2.53. The summed E-state index contributed by atoms with van der Waals surface area (Å²) in [6.07, 6.45) is -5.22. The van der Waals surface area contributed by atoms with Crippen LogP contribution >= 0.6 is 0 Å². The lowest BCUT2D eigenvalue weighted by atomic mass is 9.81. The van der Waals surface area contributed by atoms with Crippen molar-refractivity contribution in [3.8, 4) is 17.8 Å². The summed E-state index contributed by atoms with van der Waals surface area (Å²) in [6.45, 7) is 4.33. The van der Waals surface area contributed by atoms with Crippen molar-refractivity contribution < 1.29 is 41.7 Å². The van der Waals surface area contributed by atoms with E-state index in [1.807, 2.05) is 41.3 Å². The standard InChI is InChI=1S/C35H42F3N5O6/c1-3-47-34-39-31(45-2)27(32(40-34)49-23-35(36,37)38)20-41-18-26-19-42(33(44)29-22-46-16-17-48-29)14-15-43(26)28(21-41)30(24-10-6-4-7-11-24)25-12-8-5-9-13-25/h4-13,26,28-30H,3,14-23H2,1-2H3. The number of hydrogen-bond donors (Lipinski definition) is 0. The van der Waals surface area contributed by atoms with Gasteiger partial charge in [-0.15, -0.1) is 0 Å². The third-order valence-corrected chi connectivity index (χ3v) is 9.11. The minimum absolute atomic E-state index is 0.0375. The Bertz CT molecular complexity index is 1490. The van der Waals surface area contributed by atoms with Gasteiger partial charge in [-0.25, -0.2) is 0 Å². The maximum Gasteiger partial charge on any atom is 0.422 e. The number of halogens is 3. The Hall–Kier alpha value is -3.98. The van der Waals surface area contributed by atoms with E-state index in [-0.39, 0.29) is 67.0 Å². The molecule has 0 bridgehead atoms. The van der Waals surface area contributed by atoms with Crippen LogP contribution in [0.3, 0.4) is 0 Å². The lowest BCUT2D eigenvalue weighted by Crippen LogP contribution is -2.68. The third-order valence-electron chi connectivity index (χ3n) is 9.11. The summed E-state index contributed by atoms with van der Waals surface area (Å²) in [5, 5.41) is 0. The van der Waals surface area contributed by atoms with Gasteiger partial charge in [0.2, 0.25) is 11.8 Å². The number of hydrogen-bond acceptors (Lipinski definition) is 10. The SMILES string of the molecule is CCOc1nc(OC)c(CN2CC3CN(C(=O)C4COCCO4)CCN3C(C(c3ccccc3)c3ccccc3)C2)c(OCC(F)(F)F)n1. The predicted molar refractivity (Wildman–Crippen MR) is 173 cm³/mol. The molecule has 0 radical (unpaired) electrons. The van der Waals surface area contributed by atoms with Crippen molar-refractivity contribution >= 4 is 5.91 Å². The molecule has 6 rings (SSSR count). The summed E-state index contributed by atoms with van der Waals surface area (Å²) in [6, 6.07) is 20.3. The van der Waals surface area contributed by atoms with Crippen LogP contribution in [0.4, 0.5) is 13.2 Å². The number of amides is 1. The van der Waals surface area contributed by atoms with Gasteiger partial charge in [-0.05, 0) is 18.1 Å². The maximum atomic E-state index is 13.6. The van der Waals surface area contributed by atoms with E-state index in [0.29, 0.717) is 45.9 Å². The van der Waals surface area contributed by atoms with Gasteiger partial charge in [0.05, 0.1) is 39.1 Å². The number of aromatic nitrogens is 2. The second-order valence-electron chi connectivity index (χ2n) is 12.3. The zero-order valence-corrected chi connectivity index (χ0v) is 27.7. The molecule has 3 aromatic rings. The molecule has 3 fully saturated rings. The fourth-order valence-electron chi connectivity index (χ4n) is 7.04. The van der Waals surface area contributed by atoms with Crippen molar-refractivity contribution in [1.29, 1.82) is 0 Å². The van der Waals surface area contributed by atoms with Crippen molar-refractivity contribution in [3.63, 3.8) is 0 Å². The number of nitrogens with zero attached hydrogens (tertiary/aromatic N) is 5. The van der Waals surface area contributed by atoms with E-state index in [9.17, 15) is 18.0 Å². The van der Waals surface area contributed by atoms with Crippen LogP contribution in [-0.2, 0) is 20.8 Å². The highest BCUT2D eigenvalue weighted by Gasteiger charge is 2.44. The average Bonchev–Trinajstić information content (AvgIpc) is 3.12. The topological polar surface area (TPSA) is 98.7 Å². The van der Waals surface area contributed by atoms with Crippen LogP contribution in [0.25, 0.3) is 0 Å². The molecule has 0 spiro atoms. The molecule has 3 aliphatic heterocycles. The van der Waals surface area contributed by atoms with Gasteiger partial charge < -0.3 is 28.6 Å². The Kier molecular flexibility index (Phi) is 11.2. The van der Waals surface area contributed by atoms with E-state index in [0.717, 1.165) is 11.1 Å². The Morgan fingerprint density at radius 3 is 2.24 bits per heavy atom. The van der Waals surface area contributed by atoms with Crippen LogP contribution < -0.4 is 14.2 Å². The summed E-state index contributed by atoms with van der Waals surface area (Å²) in [4.78, 5) is 28.6. The first-order chi connectivity index (χ1) is 23.7. The Morgan fingerprint density at radius 2 is 1.63 bits per heavy atom. The second kappa shape index (κ2) is 15.7. The molecule has 1 amide bonds. The zero-order chi connectivity index (χ0) is 34.4. The first-order valence-electron chi connectivity index (χ1n) is 16.6. The van der Waals surface area contributed by atoms with E-state index in [1.54, 1.807) is 6.92 Å². The number of ether oxygens (including phenoxy) is 5. The van der Waals surface area contributed by atoms with E-state index in [4.69, 9.17) is 23.7 Å². The monoisotopic (exact) mass is 685 g/mol. The van der Waals surface area contributed by atoms with Crippen LogP contribution in [0.2, 0.25) is 0 Å². The minimum atomic E-state index is -4.58. The Labute approximate surface area is 283 Å². The molecule has 11 nitrogen and oxygen atoms in total. The van der Waals surface area contributed by atoms with E-state index >= 15 is 0 Å². The highest BCUT2D eigenvalue weighted by Crippen LogP contribution is 2.38. The molecular weight excluding hydrogens is 643 g/mol. The van der Waals surface area contributed by atoms with E-state index in [1.165, 1.54) is 7.11 Å². The van der Waals surface area contributed by atoms with Crippen molar-refractivity contribution in [2.24, 2.45) is 0 Å². The summed E-state index contributed by atoms with van der Waals surface area (Å²) in [5.41, 5.74) is 2.57. The minimum Gasteiger partial charge on any atom is -0.481 e. The highest BCUT2D eigenvalue weighted by atomic mass is 19.4. The highest BCUT2D eigenvalue weighted by molar-refractivity contribution is 5.81. The molecular formula is C35H42F3N5O6. The number of fused-ring (bicyclic) bond motifs is 1. The van der Waals surface area contributed by atoms with Crippen LogP contribution in [-0.4, -0.2) is 128 Å². The van der Waals surface area contributed by atoms with E-state index < -0.39 is 18.9 Å². The number of rotatable bonds is 11. The molecule has 264 valence electrons. The van der Waals surface area contributed by atoms with Gasteiger partial charge in [0.1, 0.15) is 0 Å². The van der Waals surface area contributed by atoms with Crippen LogP contribution in [0, 0.1) is 0 Å². The van der Waals surface area contributed by atoms with Crippen molar-refractivity contribution in [3.05, 3.63) is 77.4 Å². The Balaban J connectivity index is 1.36. The van der Waals surface area contributed by atoms with Gasteiger partial charge in [0.15, 0.2) is 12.7 Å². The normalized spacial score (nSPS) is 22.1. The second-order valence-corrected chi connectivity index (χ2v) is 12.3. The molecule has 3 aliphatic rings. The van der Waals surface area contributed by atoms with Crippen molar-refractivity contribution in [2.45, 2.75) is 43.8 Å². The number of alkyl halides is 3. The number of methoxy groups -OCH3 is 1. The molecule has 14 heteroatoms. The first-order valence-corrected chi connectivity index (χ1v) is 16.6. The molecule has 0 aliphatic carbocycles. The average molecular weight is 686 g/mol.